The molecule has 1 amide bonds. The number of β-lactam (4-membered cyclic amide) rings is 1. The van der Waals surface area contributed by atoms with E-state index in [2.05, 4.69) is 60.1 Å². The molecule has 7 rings (SSSR count). The number of carbonyl (C=O) groups is 1. The van der Waals surface area contributed by atoms with Crippen LogP contribution >= 0.6 is 11.3 Å². The van der Waals surface area contributed by atoms with Gasteiger partial charge in [0.05, 0.1) is 17.2 Å². The Labute approximate surface area is 269 Å². The van der Waals surface area contributed by atoms with Gasteiger partial charge in [0.2, 0.25) is 5.91 Å². The summed E-state index contributed by atoms with van der Waals surface area (Å²) in [6.07, 6.45) is -0.214. The molecule has 3 aliphatic heterocycles. The van der Waals surface area contributed by atoms with Crippen molar-refractivity contribution in [3.05, 3.63) is 52.3 Å². The van der Waals surface area contributed by atoms with E-state index < -0.39 is 12.6 Å². The number of likely N-dealkylation sites (tertiary alicyclic amines) is 2. The van der Waals surface area contributed by atoms with Gasteiger partial charge < -0.3 is 20.1 Å². The van der Waals surface area contributed by atoms with E-state index in [-0.39, 0.29) is 22.2 Å². The fourth-order valence-electron chi connectivity index (χ4n) is 7.26. The molecule has 1 aromatic carbocycles. The number of fused-ring (bicyclic) bond motifs is 2. The van der Waals surface area contributed by atoms with Crippen LogP contribution in [0.4, 0.5) is 19.0 Å². The second kappa shape index (κ2) is 12.1. The van der Waals surface area contributed by atoms with E-state index in [1.54, 1.807) is 6.07 Å². The van der Waals surface area contributed by atoms with Crippen LogP contribution in [0, 0.1) is 23.7 Å². The van der Waals surface area contributed by atoms with Crippen molar-refractivity contribution in [2.45, 2.75) is 64.3 Å². The van der Waals surface area contributed by atoms with Crippen molar-refractivity contribution in [2.24, 2.45) is 5.41 Å². The molecule has 0 radical (unpaired) electrons. The van der Waals surface area contributed by atoms with Crippen LogP contribution in [-0.4, -0.2) is 81.7 Å². The van der Waals surface area contributed by atoms with E-state index in [1.807, 2.05) is 6.07 Å². The minimum atomic E-state index is -4.26. The van der Waals surface area contributed by atoms with Gasteiger partial charge in [0, 0.05) is 61.1 Å². The number of rotatable bonds is 8. The summed E-state index contributed by atoms with van der Waals surface area (Å²) in [6, 6.07) is 10.5. The maximum absolute atomic E-state index is 12.9. The van der Waals surface area contributed by atoms with Gasteiger partial charge in [-0.3, -0.25) is 9.69 Å². The molecule has 9 nitrogen and oxygen atoms in total. The standard InChI is InChI=1S/C33H37F3N8OS/c1-21-22(2-3-28-26(21)14-24(17-37)44(28)13-12-42-10-6-32(7-11-42)19-38-31(32)45)18-43-8-4-23(5-9-43)41-29-27-15-25(16-33(34,35)36)46-30(27)40-20-39-29/h2-3,14-15,20,23H,4-13,16,18-19H2,1H3,(H,38,45)(H,39,40,41). The van der Waals surface area contributed by atoms with Crippen molar-refractivity contribution in [1.29, 1.82) is 5.26 Å². The van der Waals surface area contributed by atoms with Crippen LogP contribution in [0.15, 0.2) is 30.6 Å². The van der Waals surface area contributed by atoms with Gasteiger partial charge in [0.25, 0.3) is 0 Å². The Morgan fingerprint density at radius 1 is 1.09 bits per heavy atom. The Morgan fingerprint density at radius 3 is 2.54 bits per heavy atom. The average Bonchev–Trinajstić information content (AvgIpc) is 3.62. The number of nitrogens with zero attached hydrogens (tertiary/aromatic N) is 6. The van der Waals surface area contributed by atoms with E-state index in [4.69, 9.17) is 0 Å². The maximum Gasteiger partial charge on any atom is 0.393 e. The predicted octanol–water partition coefficient (Wildman–Crippen LogP) is 5.22. The van der Waals surface area contributed by atoms with Gasteiger partial charge in [-0.2, -0.15) is 18.4 Å². The maximum atomic E-state index is 12.9. The molecule has 242 valence electrons. The summed E-state index contributed by atoms with van der Waals surface area (Å²) in [5.41, 5.74) is 4.04. The number of benzene rings is 1. The van der Waals surface area contributed by atoms with E-state index in [1.165, 1.54) is 17.5 Å². The number of halogens is 3. The lowest BCUT2D eigenvalue weighted by Gasteiger charge is -2.46. The van der Waals surface area contributed by atoms with Crippen LogP contribution in [0.5, 0.6) is 0 Å². The summed E-state index contributed by atoms with van der Waals surface area (Å²) in [5, 5.41) is 18.1. The number of piperidine rings is 2. The molecule has 13 heteroatoms. The van der Waals surface area contributed by atoms with Crippen LogP contribution < -0.4 is 10.6 Å². The van der Waals surface area contributed by atoms with Crippen LogP contribution in [0.2, 0.25) is 0 Å². The van der Waals surface area contributed by atoms with E-state index in [0.717, 1.165) is 100 Å². The monoisotopic (exact) mass is 650 g/mol. The van der Waals surface area contributed by atoms with Crippen molar-refractivity contribution in [2.75, 3.05) is 44.6 Å². The number of nitrogens with one attached hydrogen (secondary N) is 2. The second-order valence-corrected chi connectivity index (χ2v) is 14.1. The molecule has 0 saturated carbocycles. The van der Waals surface area contributed by atoms with Gasteiger partial charge in [-0.25, -0.2) is 9.97 Å². The highest BCUT2D eigenvalue weighted by molar-refractivity contribution is 7.18. The highest BCUT2D eigenvalue weighted by atomic mass is 32.1. The third-order valence-corrected chi connectivity index (χ3v) is 11.2. The number of anilines is 1. The van der Waals surface area contributed by atoms with Gasteiger partial charge in [-0.15, -0.1) is 11.3 Å². The summed E-state index contributed by atoms with van der Waals surface area (Å²) in [4.78, 5) is 26.2. The minimum Gasteiger partial charge on any atom is -0.367 e. The third kappa shape index (κ3) is 6.06. The largest absolute Gasteiger partial charge is 0.393 e. The van der Waals surface area contributed by atoms with Gasteiger partial charge in [0.1, 0.15) is 28.7 Å². The lowest BCUT2D eigenvalue weighted by molar-refractivity contribution is -0.143. The number of carbonyl (C=O) groups excluding carboxylic acids is 1. The molecule has 0 atom stereocenters. The van der Waals surface area contributed by atoms with E-state index in [0.29, 0.717) is 21.7 Å². The van der Waals surface area contributed by atoms with Crippen molar-refractivity contribution in [3.63, 3.8) is 0 Å². The van der Waals surface area contributed by atoms with Crippen LogP contribution in [0.25, 0.3) is 21.1 Å². The Kier molecular flexibility index (Phi) is 8.15. The summed E-state index contributed by atoms with van der Waals surface area (Å²) >= 11 is 1.07. The Bertz CT molecular complexity index is 1810. The molecule has 46 heavy (non-hydrogen) atoms. The summed E-state index contributed by atoms with van der Waals surface area (Å²) in [5.74, 6) is 0.802. The fraction of sp³-hybridized carbons (Fsp3) is 0.515. The first-order valence-corrected chi connectivity index (χ1v) is 16.7. The van der Waals surface area contributed by atoms with Gasteiger partial charge in [0.15, 0.2) is 0 Å². The number of aromatic nitrogens is 3. The van der Waals surface area contributed by atoms with Gasteiger partial charge in [-0.05, 0) is 75.0 Å². The van der Waals surface area contributed by atoms with Crippen molar-refractivity contribution in [1.82, 2.24) is 29.7 Å². The van der Waals surface area contributed by atoms with E-state index >= 15 is 0 Å². The number of hydrogen-bond donors (Lipinski definition) is 2. The van der Waals surface area contributed by atoms with Gasteiger partial charge >= 0.3 is 6.18 Å². The molecule has 3 saturated heterocycles. The van der Waals surface area contributed by atoms with Crippen molar-refractivity contribution >= 4 is 44.2 Å². The molecule has 3 aromatic heterocycles. The number of alkyl halides is 3. The van der Waals surface area contributed by atoms with Crippen LogP contribution in [0.1, 0.15) is 47.4 Å². The second-order valence-electron chi connectivity index (χ2n) is 13.0. The summed E-state index contributed by atoms with van der Waals surface area (Å²) < 4.78 is 40.9. The number of thiophene rings is 1. The molecule has 1 spiro atoms. The third-order valence-electron chi connectivity index (χ3n) is 10.2. The van der Waals surface area contributed by atoms with E-state index in [9.17, 15) is 23.2 Å². The molecule has 0 unspecified atom stereocenters. The first-order valence-electron chi connectivity index (χ1n) is 15.9. The SMILES string of the molecule is Cc1c(CN2CCC(Nc3ncnc4sc(CC(F)(F)F)cc34)CC2)ccc2c1cc(C#N)n2CCN1CCC2(CC1)CNC2=O. The summed E-state index contributed by atoms with van der Waals surface area (Å²) in [7, 11) is 0. The molecule has 0 aliphatic carbocycles. The molecule has 2 N–H and O–H groups in total. The van der Waals surface area contributed by atoms with Crippen LogP contribution in [0.3, 0.4) is 0 Å². The lowest BCUT2D eigenvalue weighted by Crippen LogP contribution is -2.62. The number of amides is 1. The predicted molar refractivity (Wildman–Crippen MR) is 172 cm³/mol. The number of nitriles is 1. The topological polar surface area (TPSA) is 102 Å². The number of hydrogen-bond acceptors (Lipinski definition) is 8. The molecule has 0 bridgehead atoms. The Morgan fingerprint density at radius 2 is 1.87 bits per heavy atom. The molecule has 6 heterocycles. The van der Waals surface area contributed by atoms with Crippen molar-refractivity contribution in [3.8, 4) is 6.07 Å². The zero-order valence-corrected chi connectivity index (χ0v) is 26.6. The molecular weight excluding hydrogens is 613 g/mol. The molecular formula is C33H37F3N8OS. The fourth-order valence-corrected chi connectivity index (χ4v) is 8.29. The highest BCUT2D eigenvalue weighted by Crippen LogP contribution is 2.37. The lowest BCUT2D eigenvalue weighted by atomic mass is 9.72. The molecule has 3 aliphatic rings. The van der Waals surface area contributed by atoms with Gasteiger partial charge in [-0.1, -0.05) is 6.07 Å². The molecule has 4 aromatic rings. The minimum absolute atomic E-state index is 0.145. The quantitative estimate of drug-likeness (QED) is 0.252. The smallest absolute Gasteiger partial charge is 0.367 e. The average molecular weight is 651 g/mol. The normalized spacial score (nSPS) is 19.4. The first kappa shape index (κ1) is 30.9. The molecule has 3 fully saturated rings. The highest BCUT2D eigenvalue weighted by Gasteiger charge is 2.47. The zero-order chi connectivity index (χ0) is 32.1. The summed E-state index contributed by atoms with van der Waals surface area (Å²) in [6.45, 7) is 8.92. The van der Waals surface area contributed by atoms with Crippen LogP contribution in [-0.2, 0) is 24.3 Å². The van der Waals surface area contributed by atoms with Crippen molar-refractivity contribution < 1.29 is 18.0 Å². The Hall–Kier alpha value is -3.73. The zero-order valence-electron chi connectivity index (χ0n) is 25.8. The number of aryl methyl sites for hydroxylation is 1. The first-order chi connectivity index (χ1) is 22.1. The Balaban J connectivity index is 0.965.